The third kappa shape index (κ3) is 8.70. The summed E-state index contributed by atoms with van der Waals surface area (Å²) in [4.78, 5) is 73.8. The summed E-state index contributed by atoms with van der Waals surface area (Å²) in [5, 5.41) is 13.3. The molecule has 1 aliphatic heterocycles. The predicted octanol–water partition coefficient (Wildman–Crippen LogP) is 1.76. The Morgan fingerprint density at radius 1 is 1.09 bits per heavy atom. The van der Waals surface area contributed by atoms with E-state index in [0.717, 1.165) is 5.56 Å². The van der Waals surface area contributed by atoms with Crippen molar-refractivity contribution < 1.29 is 28.4 Å². The minimum Gasteiger partial charge on any atom is -0.446 e. The summed E-state index contributed by atoms with van der Waals surface area (Å²) in [7, 11) is 0. The van der Waals surface area contributed by atoms with E-state index in [-0.39, 0.29) is 67.6 Å². The number of fused-ring (bicyclic) bond motifs is 4. The number of rotatable bonds is 6. The highest BCUT2D eigenvalue weighted by Crippen LogP contribution is 2.26. The number of thiazole rings is 1. The van der Waals surface area contributed by atoms with Crippen molar-refractivity contribution in [2.75, 3.05) is 26.2 Å². The number of carbonyl (C=O) groups excluding carboxylic acids is 5. The zero-order valence-electron chi connectivity index (χ0n) is 24.2. The van der Waals surface area contributed by atoms with Gasteiger partial charge in [0.25, 0.3) is 11.8 Å². The normalized spacial score (nSPS) is 18.2. The van der Waals surface area contributed by atoms with Gasteiger partial charge in [-0.05, 0) is 11.5 Å². The van der Waals surface area contributed by atoms with Gasteiger partial charge in [0, 0.05) is 44.8 Å². The van der Waals surface area contributed by atoms with Gasteiger partial charge in [0.05, 0.1) is 12.6 Å². The molecule has 0 radical (unpaired) electrons. The lowest BCUT2D eigenvalue weighted by Gasteiger charge is -2.25. The molecular formula is C29H35N7O6S. The molecule has 4 bridgehead atoms. The number of nitrogens with one attached hydrogen (secondary N) is 4. The Morgan fingerprint density at radius 2 is 1.86 bits per heavy atom. The van der Waals surface area contributed by atoms with Crippen LogP contribution < -0.4 is 21.3 Å². The Hall–Kier alpha value is -4.59. The maximum atomic E-state index is 13.3. The van der Waals surface area contributed by atoms with Gasteiger partial charge in [0.15, 0.2) is 5.69 Å². The van der Waals surface area contributed by atoms with Gasteiger partial charge >= 0.3 is 0 Å². The zero-order valence-corrected chi connectivity index (χ0v) is 25.0. The molecule has 4 N–H and O–H groups in total. The van der Waals surface area contributed by atoms with E-state index in [9.17, 15) is 24.0 Å². The van der Waals surface area contributed by atoms with E-state index in [1.807, 2.05) is 44.2 Å². The van der Waals surface area contributed by atoms with Crippen molar-refractivity contribution in [3.05, 3.63) is 69.8 Å². The Bertz CT molecular complexity index is 1450. The third-order valence-electron chi connectivity index (χ3n) is 6.71. The third-order valence-corrected chi connectivity index (χ3v) is 7.64. The smallest absolute Gasteiger partial charge is 0.273 e. The summed E-state index contributed by atoms with van der Waals surface area (Å²) in [6, 6.07) is 8.27. The first-order valence-corrected chi connectivity index (χ1v) is 14.8. The molecular weight excluding hydrogens is 574 g/mol. The van der Waals surface area contributed by atoms with Crippen LogP contribution in [0, 0.1) is 5.92 Å². The number of nitrogens with zero attached hydrogens (tertiary/aromatic N) is 3. The zero-order chi connectivity index (χ0) is 30.9. The first-order chi connectivity index (χ1) is 20.6. The number of oxazole rings is 1. The van der Waals surface area contributed by atoms with Gasteiger partial charge in [-0.3, -0.25) is 24.0 Å². The highest BCUT2D eigenvalue weighted by atomic mass is 32.1. The first-order valence-electron chi connectivity index (χ1n) is 14.0. The average Bonchev–Trinajstić information content (AvgIpc) is 3.66. The molecule has 0 fully saturated rings. The molecule has 3 aromatic rings. The van der Waals surface area contributed by atoms with E-state index in [1.165, 1.54) is 29.4 Å². The summed E-state index contributed by atoms with van der Waals surface area (Å²) in [5.41, 5.74) is 1.09. The molecule has 2 aromatic heterocycles. The highest BCUT2D eigenvalue weighted by molar-refractivity contribution is 7.09. The topological polar surface area (TPSA) is 176 Å². The molecule has 43 heavy (non-hydrogen) atoms. The van der Waals surface area contributed by atoms with Crippen LogP contribution in [0.4, 0.5) is 0 Å². The summed E-state index contributed by atoms with van der Waals surface area (Å²) < 4.78 is 5.65. The van der Waals surface area contributed by atoms with Crippen molar-refractivity contribution in [2.45, 2.75) is 45.7 Å². The molecule has 0 unspecified atom stereocenters. The van der Waals surface area contributed by atoms with Crippen LogP contribution in [0.25, 0.3) is 0 Å². The fourth-order valence-corrected chi connectivity index (χ4v) is 5.49. The monoisotopic (exact) mass is 609 g/mol. The predicted molar refractivity (Wildman–Crippen MR) is 157 cm³/mol. The summed E-state index contributed by atoms with van der Waals surface area (Å²) in [5.74, 6) is -1.98. The molecule has 13 nitrogen and oxygen atoms in total. The van der Waals surface area contributed by atoms with Gasteiger partial charge < -0.3 is 30.6 Å². The number of hydrogen-bond acceptors (Lipinski definition) is 9. The molecule has 5 amide bonds. The Kier molecular flexibility index (Phi) is 10.6. The number of hydrogen-bond donors (Lipinski definition) is 4. The molecule has 0 spiro atoms. The van der Waals surface area contributed by atoms with Crippen LogP contribution in [-0.2, 0) is 20.8 Å². The second-order valence-electron chi connectivity index (χ2n) is 10.5. The maximum absolute atomic E-state index is 13.3. The van der Waals surface area contributed by atoms with E-state index >= 15 is 0 Å². The second kappa shape index (κ2) is 14.5. The van der Waals surface area contributed by atoms with Crippen molar-refractivity contribution in [2.24, 2.45) is 5.92 Å². The van der Waals surface area contributed by atoms with Crippen molar-refractivity contribution in [1.29, 1.82) is 0 Å². The minimum atomic E-state index is -0.696. The van der Waals surface area contributed by atoms with Gasteiger partial charge in [0.1, 0.15) is 23.0 Å². The molecule has 0 aliphatic carbocycles. The maximum Gasteiger partial charge on any atom is 0.273 e. The van der Waals surface area contributed by atoms with E-state index in [4.69, 9.17) is 4.42 Å². The summed E-state index contributed by atoms with van der Waals surface area (Å²) in [6.07, 6.45) is 1.54. The van der Waals surface area contributed by atoms with E-state index < -0.39 is 29.8 Å². The average molecular weight is 610 g/mol. The molecule has 2 atom stereocenters. The van der Waals surface area contributed by atoms with Crippen molar-refractivity contribution in [1.82, 2.24) is 36.1 Å². The second-order valence-corrected chi connectivity index (χ2v) is 11.3. The van der Waals surface area contributed by atoms with Gasteiger partial charge in [0.2, 0.25) is 23.6 Å². The Morgan fingerprint density at radius 3 is 2.58 bits per heavy atom. The lowest BCUT2D eigenvalue weighted by molar-refractivity contribution is -0.136. The summed E-state index contributed by atoms with van der Waals surface area (Å²) >= 11 is 1.25. The number of benzene rings is 1. The summed E-state index contributed by atoms with van der Waals surface area (Å²) in [6.45, 7) is 5.11. The Labute approximate surface area is 252 Å². The van der Waals surface area contributed by atoms with Crippen LogP contribution >= 0.6 is 11.3 Å². The number of carbonyl (C=O) groups is 5. The van der Waals surface area contributed by atoms with Crippen molar-refractivity contribution in [3.8, 4) is 0 Å². The lowest BCUT2D eigenvalue weighted by atomic mass is 10.0. The Balaban J connectivity index is 1.63. The molecule has 1 aliphatic rings. The van der Waals surface area contributed by atoms with E-state index in [0.29, 0.717) is 11.4 Å². The van der Waals surface area contributed by atoms with Gasteiger partial charge in [-0.2, -0.15) is 0 Å². The van der Waals surface area contributed by atoms with Crippen LogP contribution in [0.2, 0.25) is 0 Å². The van der Waals surface area contributed by atoms with Crippen molar-refractivity contribution >= 4 is 40.9 Å². The molecule has 14 heteroatoms. The first kappa shape index (κ1) is 31.3. The van der Waals surface area contributed by atoms with Crippen LogP contribution in [0.3, 0.4) is 0 Å². The van der Waals surface area contributed by atoms with Crippen LogP contribution in [0.15, 0.2) is 46.4 Å². The molecule has 0 saturated carbocycles. The molecule has 1 aromatic carbocycles. The fourth-order valence-electron chi connectivity index (χ4n) is 4.47. The largest absolute Gasteiger partial charge is 0.446 e. The van der Waals surface area contributed by atoms with Crippen molar-refractivity contribution in [3.63, 3.8) is 0 Å². The molecule has 228 valence electrons. The highest BCUT2D eigenvalue weighted by Gasteiger charge is 2.28. The molecule has 3 heterocycles. The van der Waals surface area contributed by atoms with Crippen LogP contribution in [0.5, 0.6) is 0 Å². The van der Waals surface area contributed by atoms with Crippen LogP contribution in [0.1, 0.15) is 76.7 Å². The fraction of sp³-hybridized carbons (Fsp3) is 0.414. The van der Waals surface area contributed by atoms with Gasteiger partial charge in [-0.1, -0.05) is 44.2 Å². The number of amides is 5. The molecule has 4 rings (SSSR count). The van der Waals surface area contributed by atoms with E-state index in [1.54, 1.807) is 5.38 Å². The van der Waals surface area contributed by atoms with Gasteiger partial charge in [-0.25, -0.2) is 9.97 Å². The van der Waals surface area contributed by atoms with E-state index in [2.05, 4.69) is 31.2 Å². The lowest BCUT2D eigenvalue weighted by Crippen LogP contribution is -2.46. The van der Waals surface area contributed by atoms with Gasteiger partial charge in [-0.15, -0.1) is 11.3 Å². The van der Waals surface area contributed by atoms with Crippen LogP contribution in [-0.4, -0.2) is 70.6 Å². The standard InChI is InChI=1S/C29H35N7O6S/c1-17(2)25-29-34-22(16-43-29)27(41)32-20(13-19-7-5-4-6-8-19)28-33-21(15-42-28)26(40)31-11-12-36(14-23(38)35-25)24(39)9-10-30-18(3)37/h4-8,15-17,20,25H,9-14H2,1-3H3,(H,30,37)(H,31,40)(H,32,41)(H,35,38)/t20-,25-/m0/s1. The minimum absolute atomic E-state index is 0.000393. The molecule has 0 saturated heterocycles. The quantitative estimate of drug-likeness (QED) is 0.327. The SMILES string of the molecule is CC(=O)NCCC(=O)N1CCNC(=O)c2coc(n2)[C@H](Cc2ccccc2)NC(=O)c2csc(n2)[C@H](C(C)C)NC(=O)C1. The number of aromatic nitrogens is 2.